The number of urea groups is 2. The number of carbonyl (C=O) groups is 8. The molecule has 0 aliphatic rings. The van der Waals surface area contributed by atoms with Gasteiger partial charge in [0.05, 0.1) is 18.2 Å². The highest BCUT2D eigenvalue weighted by molar-refractivity contribution is 7.70. The topological polar surface area (TPSA) is 567 Å². The highest BCUT2D eigenvalue weighted by atomic mass is 35.5. The average molecular weight is 1580 g/mol. The maximum Gasteiger partial charge on any atom is 0.352 e. The van der Waals surface area contributed by atoms with Gasteiger partial charge in [-0.25, -0.2) is 52.3 Å². The van der Waals surface area contributed by atoms with Crippen LogP contribution in [-0.4, -0.2) is 185 Å². The zero-order valence-corrected chi connectivity index (χ0v) is 65.8. The second kappa shape index (κ2) is 50.4. The molecule has 0 aliphatic heterocycles. The van der Waals surface area contributed by atoms with Crippen LogP contribution < -0.4 is 71.1 Å². The highest BCUT2D eigenvalue weighted by Gasteiger charge is 2.25. The number of aryl methyl sites for hydroxylation is 2. The smallest absolute Gasteiger partial charge is 0.352 e. The first-order valence-corrected chi connectivity index (χ1v) is 28.5. The Labute approximate surface area is 611 Å². The third kappa shape index (κ3) is 42.7. The normalized spacial score (nSPS) is 10.4. The summed E-state index contributed by atoms with van der Waals surface area (Å²) in [6.07, 6.45) is 4.68. The first-order chi connectivity index (χ1) is 42.3. The van der Waals surface area contributed by atoms with Crippen molar-refractivity contribution in [2.75, 3.05) is 33.4 Å². The summed E-state index contributed by atoms with van der Waals surface area (Å²) in [7, 11) is 16.7. The standard InChI is InChI=1S/C10H14N6O2.C10H17N5O2.C8H15N3OP2.C7H13N3O.C6H6N6O2.C5H10N4O2.C3H6N2P2.6ClH/c1-10(2,3)12-8(17)6-7-13-14-15(4)9(18)16(7)5-11-6;1-10(2,3)14-8(16)6-7(11)15(5-13-6)9(17)12-4;1-8(2,3)11-6(12)5(4-9)10-7(13)14;1-7(2,3)10-6(11)5(9)4-8;1-11-6(14)12-2-8-3(4(7)13)5(12)9-10-11;1-6-4(10)8-3-9-5(11)7-2;4-1-2-5-3(6)7;;;;;;/h5H,1-4H3,(H,12,17);5H,11H2,1-4H3,(H,12,17)(H,14,16);5H,13-14H2,1-3H3,(H,11,12);5H,9H2,1-3H3,(H,10,11);2H,1H3,(H2,7,13);3H,1-2H3,(H3,6,7,8,9,10,11);2,6-7H2;6*1H. The molecule has 0 fully saturated rings. The van der Waals surface area contributed by atoms with Crippen LogP contribution in [0.15, 0.2) is 43.5 Å². The monoisotopic (exact) mass is 1580 g/mol. The molecule has 5 aromatic rings. The van der Waals surface area contributed by atoms with E-state index in [1.807, 2.05) is 95.2 Å². The van der Waals surface area contributed by atoms with E-state index in [-0.39, 0.29) is 149 Å². The van der Waals surface area contributed by atoms with E-state index in [9.17, 15) is 47.9 Å². The predicted octanol–water partition coefficient (Wildman–Crippen LogP) is 0.536. The van der Waals surface area contributed by atoms with Crippen LogP contribution >= 0.6 is 111 Å². The van der Waals surface area contributed by atoms with Crippen LogP contribution in [0.2, 0.25) is 0 Å². The number of nitrogens with one attached hydrogen (secondary N) is 8. The van der Waals surface area contributed by atoms with Crippen molar-refractivity contribution in [3.05, 3.63) is 57.0 Å². The van der Waals surface area contributed by atoms with Crippen LogP contribution in [0.4, 0.5) is 20.2 Å². The van der Waals surface area contributed by atoms with Gasteiger partial charge in [0.2, 0.25) is 6.04 Å². The van der Waals surface area contributed by atoms with Crippen LogP contribution in [0.5, 0.6) is 0 Å². The number of halogens is 6. The Morgan fingerprint density at radius 3 is 1.36 bits per heavy atom. The molecule has 6 unspecified atom stereocenters. The molecule has 0 saturated carbocycles. The Hall–Kier alpha value is -7.97. The summed E-state index contributed by atoms with van der Waals surface area (Å²) in [6, 6.07) is 1.96. The largest absolute Gasteiger partial charge is 0.383 e. The van der Waals surface area contributed by atoms with Crippen molar-refractivity contribution < 1.29 is 38.4 Å². The van der Waals surface area contributed by atoms with E-state index in [4.69, 9.17) is 33.0 Å². The van der Waals surface area contributed by atoms with Gasteiger partial charge < -0.3 is 54.4 Å². The lowest BCUT2D eigenvalue weighted by Gasteiger charge is -2.21. The number of primary amides is 1. The molecule has 10 amide bonds. The Bertz CT molecular complexity index is 3750. The number of aromatic nitrogens is 12. The van der Waals surface area contributed by atoms with Gasteiger partial charge >= 0.3 is 29.5 Å². The summed E-state index contributed by atoms with van der Waals surface area (Å²) in [4.78, 5) is 135. The van der Waals surface area contributed by atoms with Crippen LogP contribution in [0.25, 0.3) is 11.3 Å². The number of nitrogen functional groups attached to an aromatic ring is 1. The van der Waals surface area contributed by atoms with E-state index in [1.54, 1.807) is 6.07 Å². The minimum Gasteiger partial charge on any atom is -0.383 e. The average Bonchev–Trinajstić information content (AvgIpc) is 1.65. The lowest BCUT2D eigenvalue weighted by atomic mass is 10.1. The molecule has 5 aromatic heterocycles. The summed E-state index contributed by atoms with van der Waals surface area (Å²) in [5.41, 5.74) is 13.9. The van der Waals surface area contributed by atoms with Crippen molar-refractivity contribution in [1.82, 2.24) is 101 Å². The molecule has 550 valence electrons. The summed E-state index contributed by atoms with van der Waals surface area (Å²) in [5, 5.41) is 60.7. The molecule has 98 heavy (non-hydrogen) atoms. The number of nitriles is 3. The molecular weight excluding hydrogens is 1490 g/mol. The molecule has 0 spiro atoms. The second-order valence-corrected chi connectivity index (χ2v) is 25.5. The number of nitrogens with zero attached hydrogens (tertiary/aromatic N) is 18. The van der Waals surface area contributed by atoms with Gasteiger partial charge in [0.1, 0.15) is 37.7 Å². The molecule has 0 radical (unpaired) electrons. The zero-order valence-electron chi connectivity index (χ0n) is 56.3. The van der Waals surface area contributed by atoms with Gasteiger partial charge in [-0.1, -0.05) is 47.4 Å². The Morgan fingerprint density at radius 1 is 0.602 bits per heavy atom. The van der Waals surface area contributed by atoms with Gasteiger partial charge in [-0.2, -0.15) is 30.1 Å². The molecule has 6 atom stereocenters. The first kappa shape index (κ1) is 106. The van der Waals surface area contributed by atoms with Crippen molar-refractivity contribution in [3.8, 4) is 18.2 Å². The lowest BCUT2D eigenvalue weighted by molar-refractivity contribution is -0.123. The van der Waals surface area contributed by atoms with Crippen molar-refractivity contribution >= 4 is 193 Å². The van der Waals surface area contributed by atoms with Crippen molar-refractivity contribution in [2.45, 2.75) is 117 Å². The van der Waals surface area contributed by atoms with Crippen LogP contribution in [0, 0.1) is 34.0 Å². The molecular formula is C49H87Cl6N29O10P4. The summed E-state index contributed by atoms with van der Waals surface area (Å²) < 4.78 is 5.47. The molecule has 39 nitrogen and oxygen atoms in total. The molecule has 0 aliphatic carbocycles. The van der Waals surface area contributed by atoms with Crippen molar-refractivity contribution in [1.29, 1.82) is 15.8 Å². The Kier molecular flexibility index (Phi) is 54.5. The number of hydrogen-bond donors (Lipinski definition) is 11. The van der Waals surface area contributed by atoms with E-state index >= 15 is 0 Å². The third-order valence-electron chi connectivity index (χ3n) is 9.09. The fourth-order valence-electron chi connectivity index (χ4n) is 5.36. The second-order valence-electron chi connectivity index (χ2n) is 21.8. The summed E-state index contributed by atoms with van der Waals surface area (Å²) in [6.45, 7) is 22.4. The van der Waals surface area contributed by atoms with Crippen molar-refractivity contribution in [2.24, 2.45) is 40.5 Å². The number of hydrogen-bond acceptors (Lipinski definition) is 24. The zero-order chi connectivity index (χ0) is 71.8. The Morgan fingerprint density at radius 2 is 1.01 bits per heavy atom. The quantitative estimate of drug-likeness (QED) is 0.0437. The van der Waals surface area contributed by atoms with Crippen LogP contribution in [-0.2, 0) is 23.7 Å². The van der Waals surface area contributed by atoms with Gasteiger partial charge in [-0.05, 0) is 83.1 Å². The number of aliphatic imine (C=N–C) groups is 3. The Balaban J connectivity index is -0.000000161. The molecule has 14 N–H and O–H groups in total. The fourth-order valence-corrected chi connectivity index (χ4v) is 5.84. The maximum absolute atomic E-state index is 12.0. The first-order valence-electron chi connectivity index (χ1n) is 26.2. The maximum atomic E-state index is 12.0. The number of imidazole rings is 3. The van der Waals surface area contributed by atoms with E-state index in [0.717, 1.165) is 29.9 Å². The van der Waals surface area contributed by atoms with Gasteiger partial charge in [-0.15, -0.1) is 84.6 Å². The predicted molar refractivity (Wildman–Crippen MR) is 398 cm³/mol. The van der Waals surface area contributed by atoms with E-state index in [0.29, 0.717) is 5.19 Å². The summed E-state index contributed by atoms with van der Waals surface area (Å²) >= 11 is 0. The molecule has 0 bridgehead atoms. The van der Waals surface area contributed by atoms with Crippen molar-refractivity contribution in [3.63, 3.8) is 0 Å². The van der Waals surface area contributed by atoms with E-state index in [1.165, 1.54) is 58.6 Å². The minimum atomic E-state index is -1.06. The number of nitrogens with two attached hydrogens (primary N) is 3. The fraction of sp³-hybridized carbons (Fsp3) is 0.490. The van der Waals surface area contributed by atoms with Gasteiger partial charge in [-0.3, -0.25) is 39.3 Å². The number of rotatable bonds is 8. The lowest BCUT2D eigenvalue weighted by Crippen LogP contribution is -2.48. The number of fused-ring (bicyclic) bond motifs is 2. The van der Waals surface area contributed by atoms with Gasteiger partial charge in [0.15, 0.2) is 34.4 Å². The number of anilines is 1. The van der Waals surface area contributed by atoms with Crippen LogP contribution in [0.3, 0.4) is 0 Å². The molecule has 5 rings (SSSR count). The van der Waals surface area contributed by atoms with Crippen LogP contribution in [0.1, 0.15) is 115 Å². The minimum absolute atomic E-state index is 0. The van der Waals surface area contributed by atoms with E-state index in [2.05, 4.69) is 130 Å². The molecule has 5 heterocycles. The summed E-state index contributed by atoms with van der Waals surface area (Å²) in [5.74, 6) is -2.31. The van der Waals surface area contributed by atoms with Gasteiger partial charge in [0, 0.05) is 67.8 Å². The SMILES string of the molecule is CC(C)(C)NC(=O)C(C#N)N=C(P)P.CC(C)(C)NC(=O)C(N)C#N.CNC(=O)N=CNC(=O)NC.CNC(=O)n1cnc(C(=O)NC(C)(C)C)c1N.Cl.Cl.Cl.Cl.Cl.Cl.Cn1nnc2c(C(=O)NC(C)(C)C)ncn2c1=O.Cn1nnc2c(C(N)=O)ncn2c1=O.N#CCN=C(P)P. The highest BCUT2D eigenvalue weighted by Crippen LogP contribution is 2.12. The number of amides is 10. The molecule has 0 saturated heterocycles. The number of carbonyl (C=O) groups excluding carboxylic acids is 8. The molecule has 49 heteroatoms. The van der Waals surface area contributed by atoms with E-state index < -0.39 is 59.3 Å². The third-order valence-corrected chi connectivity index (χ3v) is 9.76. The molecule has 0 aromatic carbocycles. The van der Waals surface area contributed by atoms with Gasteiger partial charge in [0.25, 0.3) is 29.5 Å².